The summed E-state index contributed by atoms with van der Waals surface area (Å²) in [6.45, 7) is 2.14. The van der Waals surface area contributed by atoms with Crippen molar-refractivity contribution in [2.75, 3.05) is 37.2 Å². The molecule has 0 saturated carbocycles. The van der Waals surface area contributed by atoms with E-state index in [4.69, 9.17) is 0 Å². The van der Waals surface area contributed by atoms with Crippen LogP contribution >= 0.6 is 11.8 Å². The third-order valence-electron chi connectivity index (χ3n) is 4.15. The number of hydrogen-bond donors (Lipinski definition) is 3. The standard InChI is InChI=1S/C18H24F3N3O3S/c19-18(20,21)12-28-15-7-3-2-6-14(15)23-17(27)16(26)22-10-13(25)11-24-8-4-1-5-9-24/h2-3,6-7,13,25H,1,4-5,8-12H2,(H,22,26)(H,23,27). The Morgan fingerprint density at radius 1 is 1.14 bits per heavy atom. The van der Waals surface area contributed by atoms with E-state index in [2.05, 4.69) is 15.5 Å². The highest BCUT2D eigenvalue weighted by atomic mass is 32.2. The minimum absolute atomic E-state index is 0.0762. The van der Waals surface area contributed by atoms with Gasteiger partial charge in [-0.05, 0) is 38.1 Å². The van der Waals surface area contributed by atoms with Crippen LogP contribution in [-0.4, -0.2) is 66.0 Å². The van der Waals surface area contributed by atoms with Gasteiger partial charge in [0, 0.05) is 18.0 Å². The first-order valence-electron chi connectivity index (χ1n) is 9.03. The van der Waals surface area contributed by atoms with Gasteiger partial charge in [-0.3, -0.25) is 9.59 Å². The molecule has 0 aromatic heterocycles. The number of rotatable bonds is 7. The highest BCUT2D eigenvalue weighted by Crippen LogP contribution is 2.32. The van der Waals surface area contributed by atoms with E-state index in [-0.39, 0.29) is 17.1 Å². The number of nitrogens with zero attached hydrogens (tertiary/aromatic N) is 1. The largest absolute Gasteiger partial charge is 0.398 e. The molecule has 2 rings (SSSR count). The van der Waals surface area contributed by atoms with Crippen LogP contribution in [0.25, 0.3) is 0 Å². The van der Waals surface area contributed by atoms with Gasteiger partial charge in [0.15, 0.2) is 0 Å². The SMILES string of the molecule is O=C(NCC(O)CN1CCCCC1)C(=O)Nc1ccccc1SCC(F)(F)F. The molecule has 0 spiro atoms. The first kappa shape index (κ1) is 22.5. The first-order valence-corrected chi connectivity index (χ1v) is 10.0. The summed E-state index contributed by atoms with van der Waals surface area (Å²) >= 11 is 0.528. The zero-order valence-electron chi connectivity index (χ0n) is 15.3. The number of likely N-dealkylation sites (tertiary alicyclic amines) is 1. The molecule has 2 amide bonds. The van der Waals surface area contributed by atoms with E-state index in [0.717, 1.165) is 25.9 Å². The molecule has 0 aliphatic carbocycles. The first-order chi connectivity index (χ1) is 13.2. The Hall–Kier alpha value is -1.78. The molecule has 156 valence electrons. The van der Waals surface area contributed by atoms with Crippen LogP contribution in [0.1, 0.15) is 19.3 Å². The number of hydrogen-bond acceptors (Lipinski definition) is 5. The molecule has 3 N–H and O–H groups in total. The summed E-state index contributed by atoms with van der Waals surface area (Å²) in [7, 11) is 0. The third-order valence-corrected chi connectivity index (χ3v) is 5.29. The number of alkyl halides is 3. The topological polar surface area (TPSA) is 81.7 Å². The van der Waals surface area contributed by atoms with Crippen LogP contribution in [0.4, 0.5) is 18.9 Å². The predicted molar refractivity (Wildman–Crippen MR) is 101 cm³/mol. The maximum Gasteiger partial charge on any atom is 0.398 e. The lowest BCUT2D eigenvalue weighted by atomic mass is 10.1. The Labute approximate surface area is 165 Å². The number of benzene rings is 1. The fourth-order valence-corrected chi connectivity index (χ4v) is 3.60. The summed E-state index contributed by atoms with van der Waals surface area (Å²) in [5.74, 6) is -3.05. The van der Waals surface area contributed by atoms with Gasteiger partial charge >= 0.3 is 18.0 Å². The number of thioether (sulfide) groups is 1. The van der Waals surface area contributed by atoms with Crippen LogP contribution in [0.2, 0.25) is 0 Å². The molecule has 6 nitrogen and oxygen atoms in total. The number of aliphatic hydroxyl groups excluding tert-OH is 1. The van der Waals surface area contributed by atoms with Gasteiger partial charge in [-0.25, -0.2) is 0 Å². The number of carbonyl (C=O) groups is 2. The summed E-state index contributed by atoms with van der Waals surface area (Å²) in [5.41, 5.74) is 0.130. The third kappa shape index (κ3) is 8.07. The fraction of sp³-hybridized carbons (Fsp3) is 0.556. The number of β-amino-alcohol motifs (C(OH)–C–C–N with tert-alkyl or cyclic N) is 1. The van der Waals surface area contributed by atoms with Gasteiger partial charge in [0.2, 0.25) is 0 Å². The van der Waals surface area contributed by atoms with Crippen molar-refractivity contribution in [1.29, 1.82) is 0 Å². The maximum atomic E-state index is 12.4. The van der Waals surface area contributed by atoms with Crippen LogP contribution < -0.4 is 10.6 Å². The molecule has 1 unspecified atom stereocenters. The lowest BCUT2D eigenvalue weighted by Gasteiger charge is -2.28. The lowest BCUT2D eigenvalue weighted by molar-refractivity contribution is -0.136. The smallest absolute Gasteiger partial charge is 0.390 e. The lowest BCUT2D eigenvalue weighted by Crippen LogP contribution is -2.44. The minimum Gasteiger partial charge on any atom is -0.390 e. The summed E-state index contributed by atoms with van der Waals surface area (Å²) in [6, 6.07) is 5.96. The highest BCUT2D eigenvalue weighted by molar-refractivity contribution is 7.99. The molecule has 1 fully saturated rings. The van der Waals surface area contributed by atoms with Gasteiger partial charge in [-0.15, -0.1) is 11.8 Å². The Morgan fingerprint density at radius 2 is 1.82 bits per heavy atom. The number of amides is 2. The van der Waals surface area contributed by atoms with E-state index in [1.54, 1.807) is 12.1 Å². The number of piperidine rings is 1. The molecule has 0 bridgehead atoms. The van der Waals surface area contributed by atoms with Gasteiger partial charge < -0.3 is 20.6 Å². The number of carbonyl (C=O) groups excluding carboxylic acids is 2. The van der Waals surface area contributed by atoms with E-state index in [1.807, 2.05) is 0 Å². The van der Waals surface area contributed by atoms with Crippen LogP contribution in [0.15, 0.2) is 29.2 Å². The van der Waals surface area contributed by atoms with E-state index in [9.17, 15) is 27.9 Å². The van der Waals surface area contributed by atoms with Crippen LogP contribution in [-0.2, 0) is 9.59 Å². The van der Waals surface area contributed by atoms with Crippen LogP contribution in [0.3, 0.4) is 0 Å². The molecular weight excluding hydrogens is 395 g/mol. The van der Waals surface area contributed by atoms with Crippen LogP contribution in [0, 0.1) is 0 Å². The number of anilines is 1. The van der Waals surface area contributed by atoms with Crippen molar-refractivity contribution in [2.24, 2.45) is 0 Å². The molecular formula is C18H24F3N3O3S. The molecule has 1 aliphatic heterocycles. The van der Waals surface area contributed by atoms with Crippen molar-refractivity contribution < 1.29 is 27.9 Å². The van der Waals surface area contributed by atoms with E-state index in [0.29, 0.717) is 18.3 Å². The van der Waals surface area contributed by atoms with E-state index in [1.165, 1.54) is 18.6 Å². The van der Waals surface area contributed by atoms with E-state index >= 15 is 0 Å². The van der Waals surface area contributed by atoms with Gasteiger partial charge in [0.1, 0.15) is 0 Å². The second kappa shape index (κ2) is 10.7. The monoisotopic (exact) mass is 419 g/mol. The summed E-state index contributed by atoms with van der Waals surface area (Å²) in [4.78, 5) is 26.3. The van der Waals surface area contributed by atoms with Crippen molar-refractivity contribution >= 4 is 29.3 Å². The van der Waals surface area contributed by atoms with E-state index < -0.39 is 29.8 Å². The van der Waals surface area contributed by atoms with Crippen molar-refractivity contribution in [1.82, 2.24) is 10.2 Å². The summed E-state index contributed by atoms with van der Waals surface area (Å²) in [6.07, 6.45) is -1.82. The molecule has 1 aromatic rings. The minimum atomic E-state index is -4.34. The number of aliphatic hydroxyl groups is 1. The molecule has 1 atom stereocenters. The second-order valence-electron chi connectivity index (χ2n) is 6.58. The number of halogens is 3. The van der Waals surface area contributed by atoms with Gasteiger partial charge in [0.05, 0.1) is 17.5 Å². The molecule has 0 radical (unpaired) electrons. The molecule has 10 heteroatoms. The Kier molecular flexibility index (Phi) is 8.58. The zero-order valence-corrected chi connectivity index (χ0v) is 16.1. The summed E-state index contributed by atoms with van der Waals surface area (Å²) in [5, 5.41) is 14.7. The Balaban J connectivity index is 1.81. The molecule has 1 saturated heterocycles. The van der Waals surface area contributed by atoms with Crippen molar-refractivity contribution in [3.63, 3.8) is 0 Å². The van der Waals surface area contributed by atoms with Crippen molar-refractivity contribution in [3.8, 4) is 0 Å². The molecule has 1 heterocycles. The number of para-hydroxylation sites is 1. The van der Waals surface area contributed by atoms with Crippen molar-refractivity contribution in [2.45, 2.75) is 36.4 Å². The molecule has 28 heavy (non-hydrogen) atoms. The average Bonchev–Trinajstić information content (AvgIpc) is 2.65. The highest BCUT2D eigenvalue weighted by Gasteiger charge is 2.28. The zero-order chi connectivity index (χ0) is 20.6. The quantitative estimate of drug-likeness (QED) is 0.467. The maximum absolute atomic E-state index is 12.4. The molecule has 1 aliphatic rings. The van der Waals surface area contributed by atoms with Crippen molar-refractivity contribution in [3.05, 3.63) is 24.3 Å². The van der Waals surface area contributed by atoms with Crippen LogP contribution in [0.5, 0.6) is 0 Å². The Bertz CT molecular complexity index is 667. The van der Waals surface area contributed by atoms with Gasteiger partial charge in [-0.2, -0.15) is 13.2 Å². The Morgan fingerprint density at radius 3 is 2.50 bits per heavy atom. The molecule has 1 aromatic carbocycles. The average molecular weight is 419 g/mol. The van der Waals surface area contributed by atoms with Gasteiger partial charge in [-0.1, -0.05) is 18.6 Å². The fourth-order valence-electron chi connectivity index (χ4n) is 2.83. The summed E-state index contributed by atoms with van der Waals surface area (Å²) < 4.78 is 37.2. The second-order valence-corrected chi connectivity index (χ2v) is 7.60. The predicted octanol–water partition coefficient (Wildman–Crippen LogP) is 2.24. The van der Waals surface area contributed by atoms with Gasteiger partial charge in [0.25, 0.3) is 0 Å². The number of nitrogens with one attached hydrogen (secondary N) is 2. The normalized spacial score (nSPS) is 16.4.